The van der Waals surface area contributed by atoms with Crippen LogP contribution in [0.1, 0.15) is 24.2 Å². The van der Waals surface area contributed by atoms with Crippen LogP contribution in [0.15, 0.2) is 33.8 Å². The molecule has 1 aliphatic heterocycles. The quantitative estimate of drug-likeness (QED) is 0.663. The smallest absolute Gasteiger partial charge is 0.391 e. The van der Waals surface area contributed by atoms with Crippen molar-refractivity contribution in [2.75, 3.05) is 30.8 Å². The van der Waals surface area contributed by atoms with E-state index in [9.17, 15) is 26.4 Å². The Balaban J connectivity index is 1.70. The van der Waals surface area contributed by atoms with E-state index < -0.39 is 33.2 Å². The van der Waals surface area contributed by atoms with Crippen molar-refractivity contribution in [3.8, 4) is 5.75 Å². The number of urea groups is 1. The maximum Gasteiger partial charge on any atom is 0.391 e. The second-order valence-electron chi connectivity index (χ2n) is 7.47. The zero-order chi connectivity index (χ0) is 23.7. The summed E-state index contributed by atoms with van der Waals surface area (Å²) in [6, 6.07) is 5.66. The topological polar surface area (TPSA) is 101 Å². The number of rotatable bonds is 5. The van der Waals surface area contributed by atoms with Crippen LogP contribution in [0.2, 0.25) is 0 Å². The Kier molecular flexibility index (Phi) is 6.75. The molecular weight excluding hydrogens is 451 g/mol. The average molecular weight is 475 g/mol. The van der Waals surface area contributed by atoms with Gasteiger partial charge in [0.2, 0.25) is 5.09 Å². The van der Waals surface area contributed by atoms with Crippen LogP contribution >= 0.6 is 0 Å². The summed E-state index contributed by atoms with van der Waals surface area (Å²) >= 11 is 0. The SMILES string of the molecule is COc1cccc(NC(=O)Nc2cc(S(=O)(=O)N3CCC(C(F)(F)F)CC3)oc2C)c1C. The predicted molar refractivity (Wildman–Crippen MR) is 111 cm³/mol. The van der Waals surface area contributed by atoms with Crippen molar-refractivity contribution in [3.63, 3.8) is 0 Å². The van der Waals surface area contributed by atoms with E-state index in [1.165, 1.54) is 14.0 Å². The standard InChI is InChI=1S/C20H24F3N3O5S/c1-12-15(5-4-6-17(12)30-3)24-19(27)25-16-11-18(31-13(16)2)32(28,29)26-9-7-14(8-10-26)20(21,22)23/h4-6,11,14H,7-10H2,1-3H3,(H2,24,25,27). The molecular formula is C20H24F3N3O5S. The Morgan fingerprint density at radius 2 is 1.78 bits per heavy atom. The van der Waals surface area contributed by atoms with Crippen molar-refractivity contribution in [2.24, 2.45) is 5.92 Å². The summed E-state index contributed by atoms with van der Waals surface area (Å²) in [5, 5.41) is 4.75. The lowest BCUT2D eigenvalue weighted by Gasteiger charge is -2.31. The fourth-order valence-electron chi connectivity index (χ4n) is 3.50. The minimum absolute atomic E-state index is 0.131. The van der Waals surface area contributed by atoms with Gasteiger partial charge in [0, 0.05) is 30.4 Å². The van der Waals surface area contributed by atoms with Gasteiger partial charge in [0.1, 0.15) is 11.5 Å². The van der Waals surface area contributed by atoms with Crippen molar-refractivity contribution in [1.82, 2.24) is 4.31 Å². The monoisotopic (exact) mass is 475 g/mol. The molecule has 0 unspecified atom stereocenters. The summed E-state index contributed by atoms with van der Waals surface area (Å²) in [7, 11) is -2.62. The molecule has 176 valence electrons. The van der Waals surface area contributed by atoms with Gasteiger partial charge in [0.25, 0.3) is 10.0 Å². The highest BCUT2D eigenvalue weighted by atomic mass is 32.2. The van der Waals surface area contributed by atoms with E-state index >= 15 is 0 Å². The zero-order valence-corrected chi connectivity index (χ0v) is 18.6. The van der Waals surface area contributed by atoms with Crippen LogP contribution < -0.4 is 15.4 Å². The van der Waals surface area contributed by atoms with E-state index in [0.717, 1.165) is 10.4 Å². The maximum atomic E-state index is 12.8. The van der Waals surface area contributed by atoms with Crippen molar-refractivity contribution >= 4 is 27.4 Å². The van der Waals surface area contributed by atoms with Crippen LogP contribution in [0.25, 0.3) is 0 Å². The van der Waals surface area contributed by atoms with Gasteiger partial charge >= 0.3 is 12.2 Å². The van der Waals surface area contributed by atoms with E-state index in [2.05, 4.69) is 10.6 Å². The molecule has 2 aromatic rings. The van der Waals surface area contributed by atoms with Gasteiger partial charge in [-0.05, 0) is 38.8 Å². The number of carbonyl (C=O) groups is 1. The number of benzene rings is 1. The minimum Gasteiger partial charge on any atom is -0.496 e. The van der Waals surface area contributed by atoms with Crippen LogP contribution in [0, 0.1) is 19.8 Å². The van der Waals surface area contributed by atoms with E-state index in [1.807, 2.05) is 0 Å². The first-order valence-electron chi connectivity index (χ1n) is 9.82. The molecule has 1 aromatic carbocycles. The van der Waals surface area contributed by atoms with Gasteiger partial charge in [0.05, 0.1) is 18.7 Å². The van der Waals surface area contributed by atoms with E-state index in [4.69, 9.17) is 9.15 Å². The molecule has 2 N–H and O–H groups in total. The highest BCUT2D eigenvalue weighted by molar-refractivity contribution is 7.89. The number of nitrogens with zero attached hydrogens (tertiary/aromatic N) is 1. The molecule has 1 aromatic heterocycles. The first kappa shape index (κ1) is 23.9. The van der Waals surface area contributed by atoms with Crippen molar-refractivity contribution < 1.29 is 35.5 Å². The molecule has 0 radical (unpaired) electrons. The summed E-state index contributed by atoms with van der Waals surface area (Å²) in [6.07, 6.45) is -4.96. The minimum atomic E-state index is -4.34. The molecule has 8 nitrogen and oxygen atoms in total. The van der Waals surface area contributed by atoms with Crippen LogP contribution in [0.5, 0.6) is 5.75 Å². The maximum absolute atomic E-state index is 12.8. The van der Waals surface area contributed by atoms with Gasteiger partial charge in [-0.1, -0.05) is 6.07 Å². The van der Waals surface area contributed by atoms with Gasteiger partial charge < -0.3 is 19.8 Å². The number of amides is 2. The van der Waals surface area contributed by atoms with E-state index in [0.29, 0.717) is 17.0 Å². The third-order valence-electron chi connectivity index (χ3n) is 5.41. The third kappa shape index (κ3) is 5.01. The molecule has 1 aliphatic rings. The summed E-state index contributed by atoms with van der Waals surface area (Å²) in [5.74, 6) is -0.787. The molecule has 12 heteroatoms. The first-order chi connectivity index (χ1) is 14.9. The number of nitrogens with one attached hydrogen (secondary N) is 2. The molecule has 32 heavy (non-hydrogen) atoms. The molecule has 1 fully saturated rings. The largest absolute Gasteiger partial charge is 0.496 e. The summed E-state index contributed by atoms with van der Waals surface area (Å²) < 4.78 is 75.7. The number of halogens is 3. The van der Waals surface area contributed by atoms with Gasteiger partial charge in [-0.2, -0.15) is 17.5 Å². The summed E-state index contributed by atoms with van der Waals surface area (Å²) in [4.78, 5) is 12.4. The third-order valence-corrected chi connectivity index (χ3v) is 7.16. The normalized spacial score (nSPS) is 16.1. The molecule has 2 amide bonds. The fraction of sp³-hybridized carbons (Fsp3) is 0.450. The van der Waals surface area contributed by atoms with Crippen molar-refractivity contribution in [2.45, 2.75) is 38.0 Å². The fourth-order valence-corrected chi connectivity index (χ4v) is 4.95. The first-order valence-corrected chi connectivity index (χ1v) is 11.3. The van der Waals surface area contributed by atoms with Gasteiger partial charge in [-0.25, -0.2) is 13.2 Å². The Morgan fingerprint density at radius 3 is 2.38 bits per heavy atom. The lowest BCUT2D eigenvalue weighted by Crippen LogP contribution is -2.41. The number of hydrogen-bond donors (Lipinski definition) is 2. The van der Waals surface area contributed by atoms with Crippen molar-refractivity contribution in [3.05, 3.63) is 35.6 Å². The number of carbonyl (C=O) groups excluding carboxylic acids is 1. The molecule has 0 saturated carbocycles. The number of piperidine rings is 1. The highest BCUT2D eigenvalue weighted by Crippen LogP contribution is 2.36. The highest BCUT2D eigenvalue weighted by Gasteiger charge is 2.43. The van der Waals surface area contributed by atoms with Gasteiger partial charge in [-0.15, -0.1) is 0 Å². The molecule has 2 heterocycles. The summed E-state index contributed by atoms with van der Waals surface area (Å²) in [5.41, 5.74) is 1.34. The van der Waals surface area contributed by atoms with Crippen LogP contribution in [0.4, 0.5) is 29.3 Å². The lowest BCUT2D eigenvalue weighted by atomic mass is 9.98. The van der Waals surface area contributed by atoms with Gasteiger partial charge in [0.15, 0.2) is 0 Å². The molecule has 0 bridgehead atoms. The number of hydrogen-bond acceptors (Lipinski definition) is 5. The second kappa shape index (κ2) is 9.02. The number of anilines is 2. The number of furan rings is 1. The Hall–Kier alpha value is -2.73. The van der Waals surface area contributed by atoms with Crippen molar-refractivity contribution in [1.29, 1.82) is 0 Å². The molecule has 3 rings (SSSR count). The van der Waals surface area contributed by atoms with Crippen LogP contribution in [-0.4, -0.2) is 45.1 Å². The van der Waals surface area contributed by atoms with E-state index in [1.54, 1.807) is 25.1 Å². The molecule has 0 atom stereocenters. The second-order valence-corrected chi connectivity index (χ2v) is 9.34. The van der Waals surface area contributed by atoms with E-state index in [-0.39, 0.29) is 37.4 Å². The Labute approximate surface area is 183 Å². The number of alkyl halides is 3. The number of sulfonamides is 1. The predicted octanol–water partition coefficient (Wildman–Crippen LogP) is 4.51. The molecule has 1 saturated heterocycles. The average Bonchev–Trinajstić information content (AvgIpc) is 3.10. The number of ether oxygens (including phenoxy) is 1. The Bertz CT molecular complexity index is 1090. The van der Waals surface area contributed by atoms with Gasteiger partial charge in [-0.3, -0.25) is 0 Å². The lowest BCUT2D eigenvalue weighted by molar-refractivity contribution is -0.182. The number of aryl methyl sites for hydroxylation is 1. The zero-order valence-electron chi connectivity index (χ0n) is 17.7. The number of methoxy groups -OCH3 is 1. The Morgan fingerprint density at radius 1 is 1.16 bits per heavy atom. The van der Waals surface area contributed by atoms with Crippen LogP contribution in [-0.2, 0) is 10.0 Å². The summed E-state index contributed by atoms with van der Waals surface area (Å²) in [6.45, 7) is 2.72. The van der Waals surface area contributed by atoms with Crippen LogP contribution in [0.3, 0.4) is 0 Å². The molecule has 0 spiro atoms. The molecule has 0 aliphatic carbocycles.